The van der Waals surface area contributed by atoms with Crippen molar-refractivity contribution in [2.45, 2.75) is 25.8 Å². The largest absolute Gasteiger partial charge is 0.380 e. The molecule has 1 amide bonds. The first-order valence-electron chi connectivity index (χ1n) is 5.19. The van der Waals surface area contributed by atoms with Crippen LogP contribution in [-0.4, -0.2) is 23.5 Å². The van der Waals surface area contributed by atoms with E-state index in [2.05, 4.69) is 15.6 Å². The van der Waals surface area contributed by atoms with E-state index in [1.165, 1.54) is 0 Å². The van der Waals surface area contributed by atoms with Crippen LogP contribution in [0.5, 0.6) is 0 Å². The number of anilines is 1. The molecule has 2 heterocycles. The highest BCUT2D eigenvalue weighted by Gasteiger charge is 2.17. The SMILES string of the molecule is Cc1cnccc1NC1CCC(=O)NC1. The molecule has 0 bridgehead atoms. The van der Waals surface area contributed by atoms with E-state index in [0.717, 1.165) is 17.7 Å². The summed E-state index contributed by atoms with van der Waals surface area (Å²) in [6.07, 6.45) is 5.12. The fourth-order valence-corrected chi connectivity index (χ4v) is 1.71. The van der Waals surface area contributed by atoms with Crippen molar-refractivity contribution < 1.29 is 4.79 Å². The number of rotatable bonds is 2. The Morgan fingerprint density at radius 2 is 2.47 bits per heavy atom. The highest BCUT2D eigenvalue weighted by atomic mass is 16.1. The molecule has 2 N–H and O–H groups in total. The second-order valence-electron chi connectivity index (χ2n) is 3.87. The molecule has 1 aliphatic rings. The maximum atomic E-state index is 11.0. The summed E-state index contributed by atoms with van der Waals surface area (Å²) in [7, 11) is 0. The van der Waals surface area contributed by atoms with E-state index >= 15 is 0 Å². The van der Waals surface area contributed by atoms with Crippen LogP contribution >= 0.6 is 0 Å². The molecular formula is C11H15N3O. The molecule has 0 aromatic carbocycles. The van der Waals surface area contributed by atoms with Crippen molar-refractivity contribution in [3.63, 3.8) is 0 Å². The van der Waals surface area contributed by atoms with Gasteiger partial charge < -0.3 is 10.6 Å². The number of nitrogens with one attached hydrogen (secondary N) is 2. The van der Waals surface area contributed by atoms with Crippen LogP contribution in [0.15, 0.2) is 18.5 Å². The lowest BCUT2D eigenvalue weighted by atomic mass is 10.1. The number of hydrogen-bond acceptors (Lipinski definition) is 3. The number of carbonyl (C=O) groups is 1. The molecule has 0 saturated carbocycles. The van der Waals surface area contributed by atoms with Crippen molar-refractivity contribution in [3.05, 3.63) is 24.0 Å². The lowest BCUT2D eigenvalue weighted by Crippen LogP contribution is -2.41. The lowest BCUT2D eigenvalue weighted by molar-refractivity contribution is -0.122. The van der Waals surface area contributed by atoms with E-state index in [1.807, 2.05) is 19.2 Å². The van der Waals surface area contributed by atoms with Gasteiger partial charge in [0.25, 0.3) is 0 Å². The van der Waals surface area contributed by atoms with Crippen molar-refractivity contribution in [1.29, 1.82) is 0 Å². The molecule has 2 rings (SSSR count). The number of pyridine rings is 1. The Morgan fingerprint density at radius 1 is 1.60 bits per heavy atom. The average Bonchev–Trinajstić information content (AvgIpc) is 2.25. The molecule has 1 saturated heterocycles. The summed E-state index contributed by atoms with van der Waals surface area (Å²) in [6.45, 7) is 2.73. The molecule has 80 valence electrons. The van der Waals surface area contributed by atoms with E-state index in [0.29, 0.717) is 19.0 Å². The number of aromatic nitrogens is 1. The van der Waals surface area contributed by atoms with E-state index in [4.69, 9.17) is 0 Å². The Bertz CT molecular complexity index is 355. The second kappa shape index (κ2) is 4.29. The fraction of sp³-hybridized carbons (Fsp3) is 0.455. The van der Waals surface area contributed by atoms with Crippen LogP contribution in [0.4, 0.5) is 5.69 Å². The molecule has 1 aromatic heterocycles. The predicted molar refractivity (Wildman–Crippen MR) is 58.6 cm³/mol. The van der Waals surface area contributed by atoms with E-state index in [9.17, 15) is 4.79 Å². The number of piperidine rings is 1. The molecule has 4 nitrogen and oxygen atoms in total. The Balaban J connectivity index is 1.97. The molecule has 4 heteroatoms. The summed E-state index contributed by atoms with van der Waals surface area (Å²) in [5.74, 6) is 0.152. The Hall–Kier alpha value is -1.58. The molecule has 0 spiro atoms. The normalized spacial score (nSPS) is 20.9. The van der Waals surface area contributed by atoms with Gasteiger partial charge >= 0.3 is 0 Å². The van der Waals surface area contributed by atoms with Crippen LogP contribution < -0.4 is 10.6 Å². The summed E-state index contributed by atoms with van der Waals surface area (Å²) in [4.78, 5) is 15.0. The highest BCUT2D eigenvalue weighted by molar-refractivity contribution is 5.77. The van der Waals surface area contributed by atoms with E-state index in [-0.39, 0.29) is 5.91 Å². The molecule has 0 radical (unpaired) electrons. The fourth-order valence-electron chi connectivity index (χ4n) is 1.71. The van der Waals surface area contributed by atoms with Gasteiger partial charge in [-0.3, -0.25) is 9.78 Å². The molecule has 1 atom stereocenters. The third kappa shape index (κ3) is 2.46. The monoisotopic (exact) mass is 205 g/mol. The van der Waals surface area contributed by atoms with Gasteiger partial charge in [-0.15, -0.1) is 0 Å². The average molecular weight is 205 g/mol. The van der Waals surface area contributed by atoms with Gasteiger partial charge in [-0.05, 0) is 25.0 Å². The molecule has 1 aromatic rings. The maximum Gasteiger partial charge on any atom is 0.220 e. The molecule has 15 heavy (non-hydrogen) atoms. The molecule has 1 aliphatic heterocycles. The number of amides is 1. The van der Waals surface area contributed by atoms with Crippen LogP contribution in [0.1, 0.15) is 18.4 Å². The first-order chi connectivity index (χ1) is 7.25. The third-order valence-electron chi connectivity index (χ3n) is 2.65. The third-order valence-corrected chi connectivity index (χ3v) is 2.65. The van der Waals surface area contributed by atoms with Gasteiger partial charge in [0.1, 0.15) is 0 Å². The Kier molecular flexibility index (Phi) is 2.85. The second-order valence-corrected chi connectivity index (χ2v) is 3.87. The minimum atomic E-state index is 0.152. The predicted octanol–water partition coefficient (Wildman–Crippen LogP) is 1.08. The zero-order valence-electron chi connectivity index (χ0n) is 8.79. The van der Waals surface area contributed by atoms with Gasteiger partial charge in [-0.1, -0.05) is 0 Å². The number of aryl methyl sites for hydroxylation is 1. The van der Waals surface area contributed by atoms with Crippen molar-refractivity contribution >= 4 is 11.6 Å². The summed E-state index contributed by atoms with van der Waals surface area (Å²) in [5, 5.41) is 6.27. The Labute approximate surface area is 89.1 Å². The number of nitrogens with zero attached hydrogens (tertiary/aromatic N) is 1. The van der Waals surface area contributed by atoms with E-state index < -0.39 is 0 Å². The summed E-state index contributed by atoms with van der Waals surface area (Å²) >= 11 is 0. The summed E-state index contributed by atoms with van der Waals surface area (Å²) in [6, 6.07) is 2.30. The minimum absolute atomic E-state index is 0.152. The minimum Gasteiger partial charge on any atom is -0.380 e. The van der Waals surface area contributed by atoms with Crippen molar-refractivity contribution in [3.8, 4) is 0 Å². The first kappa shape index (κ1) is 9.96. The lowest BCUT2D eigenvalue weighted by Gasteiger charge is -2.25. The quantitative estimate of drug-likeness (QED) is 0.759. The van der Waals surface area contributed by atoms with Gasteiger partial charge in [0.15, 0.2) is 0 Å². The number of hydrogen-bond donors (Lipinski definition) is 2. The van der Waals surface area contributed by atoms with Gasteiger partial charge in [-0.25, -0.2) is 0 Å². The topological polar surface area (TPSA) is 54.0 Å². The zero-order valence-corrected chi connectivity index (χ0v) is 8.79. The zero-order chi connectivity index (χ0) is 10.7. The standard InChI is InChI=1S/C11H15N3O/c1-8-6-12-5-4-10(8)14-9-2-3-11(15)13-7-9/h4-6,9H,2-3,7H2,1H3,(H,12,14)(H,13,15). The molecule has 1 fully saturated rings. The molecular weight excluding hydrogens is 190 g/mol. The van der Waals surface area contributed by atoms with Gasteiger partial charge in [0.2, 0.25) is 5.91 Å². The maximum absolute atomic E-state index is 11.0. The van der Waals surface area contributed by atoms with Crippen LogP contribution in [0.25, 0.3) is 0 Å². The smallest absolute Gasteiger partial charge is 0.220 e. The first-order valence-corrected chi connectivity index (χ1v) is 5.19. The Morgan fingerprint density at radius 3 is 3.13 bits per heavy atom. The van der Waals surface area contributed by atoms with Crippen molar-refractivity contribution in [2.75, 3.05) is 11.9 Å². The van der Waals surface area contributed by atoms with Crippen molar-refractivity contribution in [1.82, 2.24) is 10.3 Å². The summed E-state index contributed by atoms with van der Waals surface area (Å²) in [5.41, 5.74) is 2.24. The van der Waals surface area contributed by atoms with Crippen LogP contribution in [0.3, 0.4) is 0 Å². The van der Waals surface area contributed by atoms with Gasteiger partial charge in [0, 0.05) is 37.1 Å². The van der Waals surface area contributed by atoms with Crippen LogP contribution in [0.2, 0.25) is 0 Å². The van der Waals surface area contributed by atoms with Gasteiger partial charge in [0.05, 0.1) is 0 Å². The highest BCUT2D eigenvalue weighted by Crippen LogP contribution is 2.15. The number of carbonyl (C=O) groups excluding carboxylic acids is 1. The molecule has 1 unspecified atom stereocenters. The summed E-state index contributed by atoms with van der Waals surface area (Å²) < 4.78 is 0. The van der Waals surface area contributed by atoms with Crippen LogP contribution in [0, 0.1) is 6.92 Å². The molecule has 0 aliphatic carbocycles. The van der Waals surface area contributed by atoms with Crippen molar-refractivity contribution in [2.24, 2.45) is 0 Å². The van der Waals surface area contributed by atoms with E-state index in [1.54, 1.807) is 6.20 Å². The van der Waals surface area contributed by atoms with Gasteiger partial charge in [-0.2, -0.15) is 0 Å². The van der Waals surface area contributed by atoms with Crippen LogP contribution in [-0.2, 0) is 4.79 Å².